The molecule has 1 aliphatic heterocycles. The molecule has 2 heterocycles. The zero-order chi connectivity index (χ0) is 17.3. The lowest BCUT2D eigenvalue weighted by molar-refractivity contribution is -0.233. The van der Waals surface area contributed by atoms with Crippen molar-refractivity contribution in [2.75, 3.05) is 6.61 Å². The van der Waals surface area contributed by atoms with Gasteiger partial charge in [-0.15, -0.1) is 0 Å². The van der Waals surface area contributed by atoms with Crippen LogP contribution in [0.25, 0.3) is 11.3 Å². The van der Waals surface area contributed by atoms with Crippen molar-refractivity contribution in [3.63, 3.8) is 0 Å². The van der Waals surface area contributed by atoms with E-state index in [0.29, 0.717) is 11.3 Å². The van der Waals surface area contributed by atoms with E-state index in [9.17, 15) is 25.2 Å². The molecule has 24 heavy (non-hydrogen) atoms. The molecule has 0 aliphatic carbocycles. The number of aromatic amines is 1. The van der Waals surface area contributed by atoms with E-state index in [2.05, 4.69) is 9.97 Å². The fourth-order valence-electron chi connectivity index (χ4n) is 2.70. The number of rotatable bonds is 3. The SMILES string of the molecule is O=c1cc(-c2ccccc2)nc(C2OC(CO)C(O)C(O)C2O)[nH]1. The van der Waals surface area contributed by atoms with Crippen LogP contribution >= 0.6 is 0 Å². The van der Waals surface area contributed by atoms with Gasteiger partial charge in [0.1, 0.15) is 36.3 Å². The minimum atomic E-state index is -1.54. The molecule has 0 radical (unpaired) electrons. The van der Waals surface area contributed by atoms with Crippen LogP contribution in [0.4, 0.5) is 0 Å². The van der Waals surface area contributed by atoms with Gasteiger partial charge < -0.3 is 30.1 Å². The second-order valence-electron chi connectivity index (χ2n) is 5.63. The molecular formula is C16H18N2O6. The Morgan fingerprint density at radius 2 is 1.79 bits per heavy atom. The summed E-state index contributed by atoms with van der Waals surface area (Å²) in [5.74, 6) is 0.0123. The standard InChI is InChI=1S/C16H18N2O6/c19-7-10-12(21)13(22)14(23)15(24-10)16-17-9(6-11(20)18-16)8-4-2-1-3-5-8/h1-6,10,12-15,19,21-23H,7H2,(H,17,18,20). The highest BCUT2D eigenvalue weighted by molar-refractivity contribution is 5.58. The van der Waals surface area contributed by atoms with E-state index in [1.165, 1.54) is 6.07 Å². The summed E-state index contributed by atoms with van der Waals surface area (Å²) in [6, 6.07) is 10.3. The van der Waals surface area contributed by atoms with Crippen LogP contribution in [0.2, 0.25) is 0 Å². The maximum absolute atomic E-state index is 11.9. The van der Waals surface area contributed by atoms with Crippen LogP contribution in [0, 0.1) is 0 Å². The first-order valence-electron chi connectivity index (χ1n) is 7.48. The molecule has 8 heteroatoms. The molecule has 5 N–H and O–H groups in total. The zero-order valence-electron chi connectivity index (χ0n) is 12.6. The Kier molecular flexibility index (Phi) is 4.74. The van der Waals surface area contributed by atoms with Crippen LogP contribution in [0.5, 0.6) is 0 Å². The predicted molar refractivity (Wildman–Crippen MR) is 83.0 cm³/mol. The summed E-state index contributed by atoms with van der Waals surface area (Å²) < 4.78 is 5.42. The van der Waals surface area contributed by atoms with Gasteiger partial charge in [-0.05, 0) is 0 Å². The van der Waals surface area contributed by atoms with Gasteiger partial charge in [-0.1, -0.05) is 30.3 Å². The Bertz CT molecular complexity index is 748. The summed E-state index contributed by atoms with van der Waals surface area (Å²) in [5.41, 5.74) is 0.636. The van der Waals surface area contributed by atoms with Gasteiger partial charge in [0.2, 0.25) is 0 Å². The van der Waals surface area contributed by atoms with Gasteiger partial charge in [-0.3, -0.25) is 4.79 Å². The highest BCUT2D eigenvalue weighted by Crippen LogP contribution is 2.30. The summed E-state index contributed by atoms with van der Waals surface area (Å²) in [6.45, 7) is -0.552. The molecule has 1 saturated heterocycles. The molecular weight excluding hydrogens is 316 g/mol. The van der Waals surface area contributed by atoms with Crippen LogP contribution in [0.15, 0.2) is 41.2 Å². The number of ether oxygens (including phenoxy) is 1. The maximum Gasteiger partial charge on any atom is 0.251 e. The van der Waals surface area contributed by atoms with E-state index in [1.54, 1.807) is 24.3 Å². The summed E-state index contributed by atoms with van der Waals surface area (Å²) in [6.07, 6.45) is -6.76. The number of hydrogen-bond acceptors (Lipinski definition) is 7. The molecule has 8 nitrogen and oxygen atoms in total. The second-order valence-corrected chi connectivity index (χ2v) is 5.63. The van der Waals surface area contributed by atoms with E-state index in [-0.39, 0.29) is 5.82 Å². The predicted octanol–water partition coefficient (Wildman–Crippen LogP) is -1.05. The van der Waals surface area contributed by atoms with Crippen molar-refractivity contribution in [1.29, 1.82) is 0 Å². The number of aromatic nitrogens is 2. The first-order valence-corrected chi connectivity index (χ1v) is 7.48. The van der Waals surface area contributed by atoms with Crippen molar-refractivity contribution in [3.05, 3.63) is 52.6 Å². The first kappa shape index (κ1) is 16.7. The summed E-state index contributed by atoms with van der Waals surface area (Å²) >= 11 is 0. The van der Waals surface area contributed by atoms with Crippen LogP contribution in [0.3, 0.4) is 0 Å². The minimum Gasteiger partial charge on any atom is -0.394 e. The highest BCUT2D eigenvalue weighted by atomic mass is 16.5. The number of aliphatic hydroxyl groups excluding tert-OH is 4. The number of nitrogens with zero attached hydrogens (tertiary/aromatic N) is 1. The average Bonchev–Trinajstić information content (AvgIpc) is 2.60. The molecule has 1 fully saturated rings. The lowest BCUT2D eigenvalue weighted by Crippen LogP contribution is -2.55. The number of benzene rings is 1. The van der Waals surface area contributed by atoms with E-state index in [1.807, 2.05) is 6.07 Å². The monoisotopic (exact) mass is 334 g/mol. The number of H-pyrrole nitrogens is 1. The third-order valence-electron chi connectivity index (χ3n) is 3.99. The van der Waals surface area contributed by atoms with Gasteiger partial charge in [-0.25, -0.2) is 4.98 Å². The molecule has 5 unspecified atom stereocenters. The molecule has 1 aliphatic rings. The van der Waals surface area contributed by atoms with Crippen molar-refractivity contribution in [3.8, 4) is 11.3 Å². The van der Waals surface area contributed by atoms with Crippen LogP contribution in [-0.4, -0.2) is 61.4 Å². The maximum atomic E-state index is 11.9. The van der Waals surface area contributed by atoms with Gasteiger partial charge in [0.05, 0.1) is 12.3 Å². The quantitative estimate of drug-likeness (QED) is 0.483. The summed E-state index contributed by atoms with van der Waals surface area (Å²) in [5, 5.41) is 39.1. The summed E-state index contributed by atoms with van der Waals surface area (Å²) in [4.78, 5) is 18.7. The zero-order valence-corrected chi connectivity index (χ0v) is 12.6. The Labute approximate surface area is 137 Å². The molecule has 128 valence electrons. The molecule has 1 aromatic carbocycles. The lowest BCUT2D eigenvalue weighted by atomic mass is 9.94. The molecule has 2 aromatic rings. The fourth-order valence-corrected chi connectivity index (χ4v) is 2.70. The molecule has 3 rings (SSSR count). The fraction of sp³-hybridized carbons (Fsp3) is 0.375. The smallest absolute Gasteiger partial charge is 0.251 e. The first-order chi connectivity index (χ1) is 11.5. The molecule has 5 atom stereocenters. The van der Waals surface area contributed by atoms with Gasteiger partial charge in [-0.2, -0.15) is 0 Å². The van der Waals surface area contributed by atoms with Crippen molar-refractivity contribution in [2.45, 2.75) is 30.5 Å². The highest BCUT2D eigenvalue weighted by Gasteiger charge is 2.45. The van der Waals surface area contributed by atoms with Crippen molar-refractivity contribution < 1.29 is 25.2 Å². The normalized spacial score (nSPS) is 30.2. The van der Waals surface area contributed by atoms with Gasteiger partial charge >= 0.3 is 0 Å². The molecule has 0 saturated carbocycles. The Hall–Kier alpha value is -2.10. The number of nitrogens with one attached hydrogen (secondary N) is 1. The van der Waals surface area contributed by atoms with E-state index in [0.717, 1.165) is 0 Å². The Morgan fingerprint density at radius 1 is 1.08 bits per heavy atom. The Morgan fingerprint density at radius 3 is 2.46 bits per heavy atom. The van der Waals surface area contributed by atoms with Gasteiger partial charge in [0.15, 0.2) is 0 Å². The minimum absolute atomic E-state index is 0.0123. The van der Waals surface area contributed by atoms with Crippen LogP contribution in [-0.2, 0) is 4.74 Å². The van der Waals surface area contributed by atoms with Gasteiger partial charge in [0, 0.05) is 11.6 Å². The Balaban J connectivity index is 2.00. The average molecular weight is 334 g/mol. The number of aliphatic hydroxyl groups is 4. The molecule has 0 bridgehead atoms. The van der Waals surface area contributed by atoms with Crippen molar-refractivity contribution in [2.24, 2.45) is 0 Å². The van der Waals surface area contributed by atoms with E-state index < -0.39 is 42.7 Å². The van der Waals surface area contributed by atoms with Crippen LogP contribution < -0.4 is 5.56 Å². The van der Waals surface area contributed by atoms with Gasteiger partial charge in [0.25, 0.3) is 5.56 Å². The molecule has 1 aromatic heterocycles. The molecule has 0 spiro atoms. The van der Waals surface area contributed by atoms with E-state index >= 15 is 0 Å². The second kappa shape index (κ2) is 6.80. The largest absolute Gasteiger partial charge is 0.394 e. The van der Waals surface area contributed by atoms with E-state index in [4.69, 9.17) is 4.74 Å². The van der Waals surface area contributed by atoms with Crippen molar-refractivity contribution in [1.82, 2.24) is 9.97 Å². The van der Waals surface area contributed by atoms with Crippen LogP contribution in [0.1, 0.15) is 11.9 Å². The number of hydrogen-bond donors (Lipinski definition) is 5. The lowest BCUT2D eigenvalue weighted by Gasteiger charge is -2.39. The topological polar surface area (TPSA) is 136 Å². The summed E-state index contributed by atoms with van der Waals surface area (Å²) in [7, 11) is 0. The third-order valence-corrected chi connectivity index (χ3v) is 3.99. The third kappa shape index (κ3) is 3.10. The molecule has 0 amide bonds. The van der Waals surface area contributed by atoms with Crippen molar-refractivity contribution >= 4 is 0 Å².